The maximum atomic E-state index is 6.06. The highest BCUT2D eigenvalue weighted by Crippen LogP contribution is 2.24. The molecule has 0 unspecified atom stereocenters. The molecule has 0 aromatic heterocycles. The molecule has 0 amide bonds. The summed E-state index contributed by atoms with van der Waals surface area (Å²) in [6.45, 7) is 2.62. The molecular formula is C13H18ClNO2. The highest BCUT2D eigenvalue weighted by atomic mass is 35.5. The fraction of sp³-hybridized carbons (Fsp3) is 0.538. The molecule has 1 aromatic carbocycles. The van der Waals surface area contributed by atoms with Crippen LogP contribution in [0.2, 0.25) is 5.02 Å². The molecule has 0 saturated carbocycles. The molecule has 1 fully saturated rings. The second kappa shape index (κ2) is 6.24. The van der Waals surface area contributed by atoms with E-state index in [1.165, 1.54) is 6.42 Å². The molecule has 3 nitrogen and oxygen atoms in total. The first-order valence-electron chi connectivity index (χ1n) is 5.94. The van der Waals surface area contributed by atoms with Gasteiger partial charge in [0, 0.05) is 19.7 Å². The van der Waals surface area contributed by atoms with Crippen LogP contribution < -0.4 is 10.1 Å². The molecule has 0 radical (unpaired) electrons. The average Bonchev–Trinajstić information content (AvgIpc) is 2.82. The molecule has 17 heavy (non-hydrogen) atoms. The lowest BCUT2D eigenvalue weighted by Gasteiger charge is -2.11. The number of methoxy groups -OCH3 is 1. The van der Waals surface area contributed by atoms with Gasteiger partial charge in [0.2, 0.25) is 0 Å². The Kier molecular flexibility index (Phi) is 4.66. The largest absolute Gasteiger partial charge is 0.495 e. The van der Waals surface area contributed by atoms with Crippen molar-refractivity contribution in [3.63, 3.8) is 0 Å². The highest BCUT2D eigenvalue weighted by molar-refractivity contribution is 6.32. The van der Waals surface area contributed by atoms with Crippen molar-refractivity contribution >= 4 is 11.6 Å². The minimum absolute atomic E-state index is 0.378. The first kappa shape index (κ1) is 12.7. The smallest absolute Gasteiger partial charge is 0.137 e. The van der Waals surface area contributed by atoms with Crippen molar-refractivity contribution in [3.8, 4) is 5.75 Å². The number of hydrogen-bond acceptors (Lipinski definition) is 3. The third kappa shape index (κ3) is 3.60. The zero-order valence-corrected chi connectivity index (χ0v) is 10.8. The molecule has 1 N–H and O–H groups in total. The van der Waals surface area contributed by atoms with E-state index in [-0.39, 0.29) is 0 Å². The lowest BCUT2D eigenvalue weighted by Crippen LogP contribution is -2.25. The summed E-state index contributed by atoms with van der Waals surface area (Å²) in [6.07, 6.45) is 2.72. The summed E-state index contributed by atoms with van der Waals surface area (Å²) in [7, 11) is 1.62. The lowest BCUT2D eigenvalue weighted by atomic mass is 10.2. The van der Waals surface area contributed by atoms with E-state index in [1.54, 1.807) is 7.11 Å². The van der Waals surface area contributed by atoms with Crippen LogP contribution in [0, 0.1) is 0 Å². The van der Waals surface area contributed by atoms with Gasteiger partial charge in [0.05, 0.1) is 18.2 Å². The summed E-state index contributed by atoms with van der Waals surface area (Å²) in [5.74, 6) is 0.717. The van der Waals surface area contributed by atoms with Crippen molar-refractivity contribution in [2.45, 2.75) is 25.5 Å². The molecule has 1 aliphatic rings. The normalized spacial score (nSPS) is 19.5. The molecule has 1 heterocycles. The van der Waals surface area contributed by atoms with Crippen molar-refractivity contribution in [3.05, 3.63) is 28.8 Å². The van der Waals surface area contributed by atoms with Crippen molar-refractivity contribution in [2.75, 3.05) is 20.3 Å². The summed E-state index contributed by atoms with van der Waals surface area (Å²) in [6, 6.07) is 5.85. The predicted octanol–water partition coefficient (Wildman–Crippen LogP) is 2.62. The molecular weight excluding hydrogens is 238 g/mol. The first-order valence-corrected chi connectivity index (χ1v) is 6.32. The Morgan fingerprint density at radius 2 is 2.41 bits per heavy atom. The minimum Gasteiger partial charge on any atom is -0.495 e. The Morgan fingerprint density at radius 3 is 3.06 bits per heavy atom. The van der Waals surface area contributed by atoms with E-state index in [0.29, 0.717) is 11.1 Å². The Morgan fingerprint density at radius 1 is 1.53 bits per heavy atom. The minimum atomic E-state index is 0.378. The Balaban J connectivity index is 1.80. The number of rotatable bonds is 5. The van der Waals surface area contributed by atoms with E-state index < -0.39 is 0 Å². The Labute approximate surface area is 107 Å². The van der Waals surface area contributed by atoms with Gasteiger partial charge in [0.1, 0.15) is 5.75 Å². The standard InChI is InChI=1S/C13H18ClNO2/c1-16-13-5-4-10(7-12(13)14)8-15-9-11-3-2-6-17-11/h4-5,7,11,15H,2-3,6,8-9H2,1H3/t11-/m1/s1. The number of hydrogen-bond donors (Lipinski definition) is 1. The van der Waals surface area contributed by atoms with Gasteiger partial charge >= 0.3 is 0 Å². The topological polar surface area (TPSA) is 30.5 Å². The fourth-order valence-electron chi connectivity index (χ4n) is 2.00. The van der Waals surface area contributed by atoms with Gasteiger partial charge in [0.25, 0.3) is 0 Å². The molecule has 0 aliphatic carbocycles. The van der Waals surface area contributed by atoms with Gasteiger partial charge in [-0.25, -0.2) is 0 Å². The fourth-order valence-corrected chi connectivity index (χ4v) is 2.28. The van der Waals surface area contributed by atoms with Crippen LogP contribution in [-0.2, 0) is 11.3 Å². The van der Waals surface area contributed by atoms with Gasteiger partial charge in [-0.2, -0.15) is 0 Å². The molecule has 2 rings (SSSR count). The van der Waals surface area contributed by atoms with Crippen LogP contribution in [0.5, 0.6) is 5.75 Å². The van der Waals surface area contributed by atoms with Crippen molar-refractivity contribution in [1.82, 2.24) is 5.32 Å². The van der Waals surface area contributed by atoms with Gasteiger partial charge in [-0.1, -0.05) is 17.7 Å². The molecule has 1 saturated heterocycles. The van der Waals surface area contributed by atoms with Crippen LogP contribution >= 0.6 is 11.6 Å². The van der Waals surface area contributed by atoms with E-state index in [9.17, 15) is 0 Å². The van der Waals surface area contributed by atoms with Crippen LogP contribution in [0.4, 0.5) is 0 Å². The molecule has 0 bridgehead atoms. The van der Waals surface area contributed by atoms with Gasteiger partial charge in [-0.15, -0.1) is 0 Å². The molecule has 1 atom stereocenters. The maximum absolute atomic E-state index is 6.06. The molecule has 1 aromatic rings. The monoisotopic (exact) mass is 255 g/mol. The van der Waals surface area contributed by atoms with Crippen molar-refractivity contribution < 1.29 is 9.47 Å². The van der Waals surface area contributed by atoms with Gasteiger partial charge in [0.15, 0.2) is 0 Å². The third-order valence-electron chi connectivity index (χ3n) is 2.94. The molecule has 4 heteroatoms. The van der Waals surface area contributed by atoms with Crippen LogP contribution in [0.15, 0.2) is 18.2 Å². The summed E-state index contributed by atoms with van der Waals surface area (Å²) in [4.78, 5) is 0. The van der Waals surface area contributed by atoms with E-state index in [2.05, 4.69) is 5.32 Å². The van der Waals surface area contributed by atoms with E-state index in [1.807, 2.05) is 18.2 Å². The molecule has 94 valence electrons. The summed E-state index contributed by atoms with van der Waals surface area (Å²) in [5.41, 5.74) is 1.16. The number of nitrogens with one attached hydrogen (secondary N) is 1. The van der Waals surface area contributed by atoms with E-state index >= 15 is 0 Å². The number of halogens is 1. The highest BCUT2D eigenvalue weighted by Gasteiger charge is 2.14. The molecule has 1 aliphatic heterocycles. The number of benzene rings is 1. The van der Waals surface area contributed by atoms with Crippen molar-refractivity contribution in [1.29, 1.82) is 0 Å². The van der Waals surface area contributed by atoms with E-state index in [0.717, 1.165) is 37.4 Å². The van der Waals surface area contributed by atoms with Crippen LogP contribution in [0.25, 0.3) is 0 Å². The van der Waals surface area contributed by atoms with Crippen LogP contribution in [-0.4, -0.2) is 26.4 Å². The lowest BCUT2D eigenvalue weighted by molar-refractivity contribution is 0.110. The second-order valence-electron chi connectivity index (χ2n) is 4.23. The Bertz CT molecular complexity index is 364. The predicted molar refractivity (Wildman–Crippen MR) is 68.7 cm³/mol. The van der Waals surface area contributed by atoms with Crippen LogP contribution in [0.1, 0.15) is 18.4 Å². The molecule has 0 spiro atoms. The SMILES string of the molecule is COc1ccc(CNC[C@H]2CCCO2)cc1Cl. The van der Waals surface area contributed by atoms with Crippen molar-refractivity contribution in [2.24, 2.45) is 0 Å². The van der Waals surface area contributed by atoms with Gasteiger partial charge in [-0.05, 0) is 30.5 Å². The summed E-state index contributed by atoms with van der Waals surface area (Å²) in [5, 5.41) is 4.04. The van der Waals surface area contributed by atoms with Gasteiger partial charge in [-0.3, -0.25) is 0 Å². The third-order valence-corrected chi connectivity index (χ3v) is 3.24. The Hall–Kier alpha value is -0.770. The zero-order chi connectivity index (χ0) is 12.1. The zero-order valence-electron chi connectivity index (χ0n) is 10.0. The van der Waals surface area contributed by atoms with E-state index in [4.69, 9.17) is 21.1 Å². The average molecular weight is 256 g/mol. The van der Waals surface area contributed by atoms with Crippen LogP contribution in [0.3, 0.4) is 0 Å². The quantitative estimate of drug-likeness (QED) is 0.877. The number of ether oxygens (including phenoxy) is 2. The first-order chi connectivity index (χ1) is 8.29. The summed E-state index contributed by atoms with van der Waals surface area (Å²) < 4.78 is 10.7. The van der Waals surface area contributed by atoms with Gasteiger partial charge < -0.3 is 14.8 Å². The maximum Gasteiger partial charge on any atom is 0.137 e. The second-order valence-corrected chi connectivity index (χ2v) is 4.64. The summed E-state index contributed by atoms with van der Waals surface area (Å²) >= 11 is 6.06.